The number of halogens is 1. The zero-order valence-corrected chi connectivity index (χ0v) is 9.36. The Labute approximate surface area is 86.3 Å². The second-order valence-corrected chi connectivity index (χ2v) is 3.94. The van der Waals surface area contributed by atoms with Crippen molar-refractivity contribution >= 4 is 12.4 Å². The lowest BCUT2D eigenvalue weighted by Crippen LogP contribution is -2.54. The number of ether oxygens (including phenoxy) is 1. The summed E-state index contributed by atoms with van der Waals surface area (Å²) >= 11 is 0. The van der Waals surface area contributed by atoms with Crippen LogP contribution >= 0.6 is 12.4 Å². The van der Waals surface area contributed by atoms with E-state index < -0.39 is 5.60 Å². The molecule has 0 spiro atoms. The molecule has 0 amide bonds. The molecule has 0 aromatic carbocycles. The summed E-state index contributed by atoms with van der Waals surface area (Å²) in [4.78, 5) is 0. The summed E-state index contributed by atoms with van der Waals surface area (Å²) in [5.41, 5.74) is -0.715. The first-order chi connectivity index (χ1) is 5.55. The van der Waals surface area contributed by atoms with Crippen LogP contribution in [0.25, 0.3) is 0 Å². The predicted octanol–water partition coefficient (Wildman–Crippen LogP) is 0.804. The number of hydrogen-bond donors (Lipinski definition) is 2. The largest absolute Gasteiger partial charge is 0.387 e. The minimum atomic E-state index is -0.715. The maximum Gasteiger partial charge on any atom is 0.0986 e. The number of morpholine rings is 1. The number of rotatable bonds is 2. The lowest BCUT2D eigenvalue weighted by atomic mass is 9.86. The Morgan fingerprint density at radius 3 is 2.54 bits per heavy atom. The molecule has 80 valence electrons. The van der Waals surface area contributed by atoms with Gasteiger partial charge in [-0.05, 0) is 12.8 Å². The van der Waals surface area contributed by atoms with Crippen LogP contribution in [0, 0.1) is 5.92 Å². The fraction of sp³-hybridized carbons (Fsp3) is 1.00. The highest BCUT2D eigenvalue weighted by Gasteiger charge is 2.36. The van der Waals surface area contributed by atoms with Gasteiger partial charge in [-0.15, -0.1) is 12.4 Å². The second-order valence-electron chi connectivity index (χ2n) is 3.94. The van der Waals surface area contributed by atoms with Crippen LogP contribution in [-0.4, -0.2) is 36.5 Å². The van der Waals surface area contributed by atoms with Crippen molar-refractivity contribution in [3.05, 3.63) is 0 Å². The molecule has 1 aliphatic heterocycles. The van der Waals surface area contributed by atoms with Crippen LogP contribution in [0.2, 0.25) is 0 Å². The maximum atomic E-state index is 10.1. The summed E-state index contributed by atoms with van der Waals surface area (Å²) in [5.74, 6) is 0.224. The van der Waals surface area contributed by atoms with Crippen molar-refractivity contribution in [3.8, 4) is 0 Å². The molecule has 2 atom stereocenters. The Morgan fingerprint density at radius 2 is 2.15 bits per heavy atom. The van der Waals surface area contributed by atoms with Gasteiger partial charge >= 0.3 is 0 Å². The summed E-state index contributed by atoms with van der Waals surface area (Å²) in [6.07, 6.45) is -0.0637. The molecule has 1 fully saturated rings. The quantitative estimate of drug-likeness (QED) is 0.707. The SMILES string of the molecule is CC(C)C(C)(O)C1CNCCO1.Cl. The predicted molar refractivity (Wildman–Crippen MR) is 55.3 cm³/mol. The Kier molecular flexibility index (Phi) is 5.22. The van der Waals surface area contributed by atoms with Crippen LogP contribution in [-0.2, 0) is 4.74 Å². The van der Waals surface area contributed by atoms with Gasteiger partial charge in [0, 0.05) is 13.1 Å². The monoisotopic (exact) mass is 209 g/mol. The fourth-order valence-corrected chi connectivity index (χ4v) is 1.31. The van der Waals surface area contributed by atoms with Gasteiger partial charge in [-0.2, -0.15) is 0 Å². The first-order valence-corrected chi connectivity index (χ1v) is 4.60. The molecule has 1 saturated heterocycles. The highest BCUT2D eigenvalue weighted by molar-refractivity contribution is 5.85. The van der Waals surface area contributed by atoms with Crippen molar-refractivity contribution in [1.82, 2.24) is 5.32 Å². The summed E-state index contributed by atoms with van der Waals surface area (Å²) in [5, 5.41) is 13.3. The van der Waals surface area contributed by atoms with E-state index in [1.165, 1.54) is 0 Å². The second kappa shape index (κ2) is 5.15. The smallest absolute Gasteiger partial charge is 0.0986 e. The van der Waals surface area contributed by atoms with Gasteiger partial charge in [0.1, 0.15) is 0 Å². The molecular weight excluding hydrogens is 190 g/mol. The average molecular weight is 210 g/mol. The molecule has 13 heavy (non-hydrogen) atoms. The summed E-state index contributed by atoms with van der Waals surface area (Å²) in [6, 6.07) is 0. The van der Waals surface area contributed by atoms with E-state index in [1.807, 2.05) is 20.8 Å². The summed E-state index contributed by atoms with van der Waals surface area (Å²) in [6.45, 7) is 8.22. The Bertz CT molecular complexity index is 145. The molecule has 0 bridgehead atoms. The van der Waals surface area contributed by atoms with Gasteiger partial charge in [-0.25, -0.2) is 0 Å². The van der Waals surface area contributed by atoms with Gasteiger partial charge in [0.25, 0.3) is 0 Å². The number of nitrogens with one attached hydrogen (secondary N) is 1. The number of hydrogen-bond acceptors (Lipinski definition) is 3. The lowest BCUT2D eigenvalue weighted by Gasteiger charge is -2.38. The van der Waals surface area contributed by atoms with Crippen LogP contribution in [0.15, 0.2) is 0 Å². The molecule has 0 saturated carbocycles. The van der Waals surface area contributed by atoms with E-state index >= 15 is 0 Å². The Balaban J connectivity index is 0.00000144. The van der Waals surface area contributed by atoms with E-state index in [9.17, 15) is 5.11 Å². The van der Waals surface area contributed by atoms with Crippen molar-refractivity contribution in [2.45, 2.75) is 32.5 Å². The fourth-order valence-electron chi connectivity index (χ4n) is 1.31. The van der Waals surface area contributed by atoms with E-state index in [0.717, 1.165) is 13.1 Å². The Morgan fingerprint density at radius 1 is 1.54 bits per heavy atom. The third-order valence-electron chi connectivity index (χ3n) is 2.75. The van der Waals surface area contributed by atoms with Crippen molar-refractivity contribution in [2.24, 2.45) is 5.92 Å². The molecule has 0 aliphatic carbocycles. The molecule has 2 N–H and O–H groups in total. The molecule has 1 heterocycles. The van der Waals surface area contributed by atoms with Crippen molar-refractivity contribution in [3.63, 3.8) is 0 Å². The van der Waals surface area contributed by atoms with Gasteiger partial charge < -0.3 is 15.2 Å². The zero-order valence-electron chi connectivity index (χ0n) is 8.54. The molecular formula is C9H20ClNO2. The van der Waals surface area contributed by atoms with Gasteiger partial charge in [0.05, 0.1) is 18.3 Å². The first kappa shape index (κ1) is 13.2. The topological polar surface area (TPSA) is 41.5 Å². The highest BCUT2D eigenvalue weighted by Crippen LogP contribution is 2.23. The average Bonchev–Trinajstić information content (AvgIpc) is 2.06. The van der Waals surface area contributed by atoms with Crippen molar-refractivity contribution < 1.29 is 9.84 Å². The normalized spacial score (nSPS) is 27.9. The molecule has 0 radical (unpaired) electrons. The van der Waals surface area contributed by atoms with E-state index in [0.29, 0.717) is 6.61 Å². The van der Waals surface area contributed by atoms with Crippen LogP contribution < -0.4 is 5.32 Å². The van der Waals surface area contributed by atoms with E-state index in [1.54, 1.807) is 0 Å². The highest BCUT2D eigenvalue weighted by atomic mass is 35.5. The standard InChI is InChI=1S/C9H19NO2.ClH/c1-7(2)9(3,11)8-6-10-4-5-12-8;/h7-8,10-11H,4-6H2,1-3H3;1H. The minimum absolute atomic E-state index is 0. The Hall–Kier alpha value is 0.170. The lowest BCUT2D eigenvalue weighted by molar-refractivity contribution is -0.131. The van der Waals surface area contributed by atoms with Gasteiger partial charge in [-0.3, -0.25) is 0 Å². The van der Waals surface area contributed by atoms with E-state index in [4.69, 9.17) is 4.74 Å². The van der Waals surface area contributed by atoms with Crippen molar-refractivity contribution in [2.75, 3.05) is 19.7 Å². The molecule has 1 aliphatic rings. The minimum Gasteiger partial charge on any atom is -0.387 e. The van der Waals surface area contributed by atoms with Crippen molar-refractivity contribution in [1.29, 1.82) is 0 Å². The molecule has 0 aromatic heterocycles. The van der Waals surface area contributed by atoms with Crippen LogP contribution in [0.1, 0.15) is 20.8 Å². The van der Waals surface area contributed by atoms with E-state index in [-0.39, 0.29) is 24.4 Å². The molecule has 0 aromatic rings. The number of aliphatic hydroxyl groups is 1. The first-order valence-electron chi connectivity index (χ1n) is 4.60. The maximum absolute atomic E-state index is 10.1. The van der Waals surface area contributed by atoms with Crippen LogP contribution in [0.5, 0.6) is 0 Å². The van der Waals surface area contributed by atoms with Crippen LogP contribution in [0.4, 0.5) is 0 Å². The third-order valence-corrected chi connectivity index (χ3v) is 2.75. The van der Waals surface area contributed by atoms with Gasteiger partial charge in [-0.1, -0.05) is 13.8 Å². The van der Waals surface area contributed by atoms with Crippen LogP contribution in [0.3, 0.4) is 0 Å². The summed E-state index contributed by atoms with van der Waals surface area (Å²) < 4.78 is 5.49. The van der Waals surface area contributed by atoms with Gasteiger partial charge in [0.2, 0.25) is 0 Å². The summed E-state index contributed by atoms with van der Waals surface area (Å²) in [7, 11) is 0. The zero-order chi connectivity index (χ0) is 9.19. The van der Waals surface area contributed by atoms with E-state index in [2.05, 4.69) is 5.32 Å². The molecule has 3 nitrogen and oxygen atoms in total. The molecule has 4 heteroatoms. The molecule has 1 rings (SSSR count). The van der Waals surface area contributed by atoms with Gasteiger partial charge in [0.15, 0.2) is 0 Å². The third kappa shape index (κ3) is 3.09. The molecule has 2 unspecified atom stereocenters.